The summed E-state index contributed by atoms with van der Waals surface area (Å²) in [4.78, 5) is 52.5. The van der Waals surface area contributed by atoms with Gasteiger partial charge in [0.1, 0.15) is 58.8 Å². The smallest absolute Gasteiger partial charge is 0.306 e. The average Bonchev–Trinajstić information content (AvgIpc) is 3.53. The molecule has 22 nitrogen and oxygen atoms in total. The highest BCUT2D eigenvalue weighted by Gasteiger charge is 2.43. The third-order valence-electron chi connectivity index (χ3n) is 13.4. The number of methoxy groups -OCH3 is 2. The highest BCUT2D eigenvalue weighted by atomic mass is 32.2. The highest BCUT2D eigenvalue weighted by Crippen LogP contribution is 2.49. The molecule has 0 saturated heterocycles. The van der Waals surface area contributed by atoms with Crippen LogP contribution in [0.15, 0.2) is 97.1 Å². The molecule has 4 aliphatic heterocycles. The zero-order valence-electron chi connectivity index (χ0n) is 41.8. The summed E-state index contributed by atoms with van der Waals surface area (Å²) in [6.07, 6.45) is -9.85. The Hall–Kier alpha value is -8.93. The van der Waals surface area contributed by atoms with Gasteiger partial charge in [-0.15, -0.1) is 0 Å². The predicted octanol–water partition coefficient (Wildman–Crippen LogP) is 6.35. The number of thioether (sulfide) groups is 1. The number of esters is 2. The van der Waals surface area contributed by atoms with Crippen molar-refractivity contribution in [3.8, 4) is 80.5 Å². The first-order chi connectivity index (χ1) is 38.0. The summed E-state index contributed by atoms with van der Waals surface area (Å²) in [5.74, 6) is -3.55. The van der Waals surface area contributed by atoms with Crippen molar-refractivity contribution in [1.82, 2.24) is 0 Å². The van der Waals surface area contributed by atoms with Gasteiger partial charge in [0.15, 0.2) is 94.8 Å². The van der Waals surface area contributed by atoms with Crippen LogP contribution < -0.4 is 37.9 Å². The molecule has 10 rings (SSSR count). The molecule has 0 spiro atoms. The van der Waals surface area contributed by atoms with Crippen LogP contribution in [0.2, 0.25) is 0 Å². The lowest BCUT2D eigenvalue weighted by molar-refractivity contribution is -0.148. The van der Waals surface area contributed by atoms with Crippen molar-refractivity contribution in [3.63, 3.8) is 0 Å². The Morgan fingerprint density at radius 3 is 1.24 bits per heavy atom. The van der Waals surface area contributed by atoms with Gasteiger partial charge in [-0.05, 0) is 59.7 Å². The van der Waals surface area contributed by atoms with Crippen molar-refractivity contribution in [2.24, 2.45) is 0 Å². The highest BCUT2D eigenvalue weighted by molar-refractivity contribution is 7.99. The molecule has 6 aromatic carbocycles. The van der Waals surface area contributed by atoms with Crippen molar-refractivity contribution < 1.29 is 107 Å². The number of rotatable bonds is 16. The van der Waals surface area contributed by atoms with Gasteiger partial charge in [-0.1, -0.05) is 24.3 Å². The Balaban J connectivity index is 0.741. The van der Waals surface area contributed by atoms with E-state index >= 15 is 0 Å². The zero-order valence-corrected chi connectivity index (χ0v) is 42.6. The van der Waals surface area contributed by atoms with E-state index in [1.54, 1.807) is 12.1 Å². The fourth-order valence-corrected chi connectivity index (χ4v) is 10.3. The SMILES string of the molecule is COc1cc([C@H]2Oc3cc([C@H]4Oc5cc(O)cc(O)c5C(=O)[C@@H]4O)ccc3O[C@@H]2COC(=O)CCSCCC(=O)OC[C@H]2Oc3ccc([C@H]4Oc5cc(O)cc(O)c5C(=O)[C@@H]4O)cc3O[C@@H]2c2ccc(O)c(OC)c2)ccc1O. The number of aliphatic hydroxyl groups excluding tert-OH is 2. The van der Waals surface area contributed by atoms with Crippen LogP contribution in [-0.2, 0) is 19.1 Å². The molecule has 0 amide bonds. The van der Waals surface area contributed by atoms with E-state index in [1.807, 2.05) is 0 Å². The second-order valence-electron chi connectivity index (χ2n) is 18.5. The van der Waals surface area contributed by atoms with Crippen LogP contribution in [0.3, 0.4) is 0 Å². The second kappa shape index (κ2) is 22.2. The van der Waals surface area contributed by atoms with Crippen LogP contribution in [0.1, 0.15) is 80.2 Å². The molecule has 0 fully saturated rings. The summed E-state index contributed by atoms with van der Waals surface area (Å²) < 4.78 is 59.3. The van der Waals surface area contributed by atoms with Crippen molar-refractivity contribution in [1.29, 1.82) is 0 Å². The van der Waals surface area contributed by atoms with E-state index in [9.17, 15) is 60.0 Å². The minimum Gasteiger partial charge on any atom is -0.508 e. The average molecular weight is 1110 g/mol. The van der Waals surface area contributed by atoms with Gasteiger partial charge in [-0.2, -0.15) is 11.8 Å². The monoisotopic (exact) mass is 1110 g/mol. The quantitative estimate of drug-likeness (QED) is 0.0386. The molecule has 0 saturated carbocycles. The number of hydrogen-bond donors (Lipinski definition) is 8. The van der Waals surface area contributed by atoms with E-state index in [-0.39, 0.29) is 118 Å². The molecule has 4 heterocycles. The molecule has 0 unspecified atom stereocenters. The summed E-state index contributed by atoms with van der Waals surface area (Å²) in [5, 5.41) is 83.3. The number of aromatic hydroxyl groups is 6. The second-order valence-corrected chi connectivity index (χ2v) is 19.7. The Labute approximate surface area is 452 Å². The molecule has 6 aromatic rings. The van der Waals surface area contributed by atoms with E-state index in [4.69, 9.17) is 47.4 Å². The van der Waals surface area contributed by atoms with Crippen molar-refractivity contribution in [2.45, 2.75) is 61.7 Å². The lowest BCUT2D eigenvalue weighted by atomic mass is 9.92. The lowest BCUT2D eigenvalue weighted by Gasteiger charge is -2.35. The zero-order chi connectivity index (χ0) is 55.8. The van der Waals surface area contributed by atoms with Crippen molar-refractivity contribution >= 4 is 35.3 Å². The molecule has 0 aliphatic carbocycles. The van der Waals surface area contributed by atoms with Gasteiger partial charge >= 0.3 is 11.9 Å². The number of aliphatic hydroxyl groups is 2. The number of ketones is 2. The number of fused-ring (bicyclic) bond motifs is 4. The van der Waals surface area contributed by atoms with Gasteiger partial charge in [-0.3, -0.25) is 19.2 Å². The molecule has 8 atom stereocenters. The molecule has 412 valence electrons. The minimum atomic E-state index is -1.73. The number of phenolic OH excluding ortho intramolecular Hbond substituents is 6. The summed E-state index contributed by atoms with van der Waals surface area (Å²) >= 11 is 1.31. The van der Waals surface area contributed by atoms with Crippen LogP contribution in [0, 0.1) is 0 Å². The van der Waals surface area contributed by atoms with Crippen molar-refractivity contribution in [2.75, 3.05) is 38.9 Å². The van der Waals surface area contributed by atoms with Gasteiger partial charge in [0.2, 0.25) is 11.6 Å². The number of carbonyl (C=O) groups excluding carboxylic acids is 4. The summed E-state index contributed by atoms with van der Waals surface area (Å²) in [6.45, 7) is -0.563. The molecule has 0 aromatic heterocycles. The Morgan fingerprint density at radius 1 is 0.456 bits per heavy atom. The van der Waals surface area contributed by atoms with Crippen LogP contribution in [-0.4, -0.2) is 128 Å². The predicted molar refractivity (Wildman–Crippen MR) is 273 cm³/mol. The Kier molecular flexibility index (Phi) is 15.0. The normalized spacial score (nSPS) is 21.6. The standard InChI is InChI=1S/C56H50O22S/c1-69-37-15-25(3-7-31(37)59)53-43(73-35-9-5-27(17-39(35)75-53)55-51(67)49(65)47-33(61)19-29(57)21-41(47)77-55)23-71-45(63)11-13-79-14-12-46(64)72-24-44-54(26-4-8-32(60)38(16-26)70-2)76-40-18-28(6-10-36(40)74-44)56-52(68)50(66)48-34(62)20-30(58)22-42(48)78-56/h3-10,15-22,43-44,51-62,67-68H,11-14,23-24H2,1-2H3/t43-,44-,51+,52+,53-,54-,55-,56-/m1/s1. The molecule has 0 bridgehead atoms. The van der Waals surface area contributed by atoms with Crippen LogP contribution >= 0.6 is 11.8 Å². The maximum atomic E-state index is 13.1. The first kappa shape index (κ1) is 53.5. The molecule has 79 heavy (non-hydrogen) atoms. The van der Waals surface area contributed by atoms with Gasteiger partial charge < -0.3 is 88.2 Å². The first-order valence-electron chi connectivity index (χ1n) is 24.5. The van der Waals surface area contributed by atoms with Crippen molar-refractivity contribution in [3.05, 3.63) is 130 Å². The molecule has 8 N–H and O–H groups in total. The molecule has 4 aliphatic rings. The molecule has 23 heteroatoms. The van der Waals surface area contributed by atoms with E-state index in [0.29, 0.717) is 22.3 Å². The van der Waals surface area contributed by atoms with Crippen LogP contribution in [0.5, 0.6) is 80.5 Å². The molecular formula is C56H50O22S. The Morgan fingerprint density at radius 2 is 0.835 bits per heavy atom. The minimum absolute atomic E-state index is 0.0409. The summed E-state index contributed by atoms with van der Waals surface area (Å²) in [7, 11) is 2.74. The van der Waals surface area contributed by atoms with Gasteiger partial charge in [0.25, 0.3) is 0 Å². The number of hydrogen-bond acceptors (Lipinski definition) is 23. The van der Waals surface area contributed by atoms with E-state index in [0.717, 1.165) is 24.3 Å². The van der Waals surface area contributed by atoms with Gasteiger partial charge in [0, 0.05) is 46.9 Å². The number of phenols is 6. The van der Waals surface area contributed by atoms with E-state index in [1.165, 1.54) is 86.6 Å². The van der Waals surface area contributed by atoms with E-state index < -0.39 is 83.8 Å². The number of benzene rings is 6. The molecule has 0 radical (unpaired) electrons. The topological polar surface area (TPSA) is 322 Å². The fraction of sp³-hybridized carbons (Fsp3) is 0.286. The van der Waals surface area contributed by atoms with E-state index in [2.05, 4.69) is 0 Å². The third kappa shape index (κ3) is 10.9. The lowest BCUT2D eigenvalue weighted by Crippen LogP contribution is -2.38. The van der Waals surface area contributed by atoms with Crippen LogP contribution in [0.25, 0.3) is 0 Å². The molecular weight excluding hydrogens is 1060 g/mol. The number of ether oxygens (including phenoxy) is 10. The number of carbonyl (C=O) groups is 4. The van der Waals surface area contributed by atoms with Gasteiger partial charge in [-0.25, -0.2) is 0 Å². The number of Topliss-reactive ketones (excluding diaryl/α,β-unsaturated/α-hetero) is 2. The summed E-state index contributed by atoms with van der Waals surface area (Å²) in [6, 6.07) is 22.4. The maximum Gasteiger partial charge on any atom is 0.306 e. The summed E-state index contributed by atoms with van der Waals surface area (Å²) in [5.41, 5.74) is 0.983. The first-order valence-corrected chi connectivity index (χ1v) is 25.6. The Bertz CT molecular complexity index is 3140. The largest absolute Gasteiger partial charge is 0.508 e. The van der Waals surface area contributed by atoms with Gasteiger partial charge in [0.05, 0.1) is 27.1 Å². The van der Waals surface area contributed by atoms with Crippen LogP contribution in [0.4, 0.5) is 0 Å². The fourth-order valence-electron chi connectivity index (χ4n) is 9.44. The third-order valence-corrected chi connectivity index (χ3v) is 14.3. The maximum absolute atomic E-state index is 13.1.